The third-order valence-corrected chi connectivity index (χ3v) is 9.98. The number of nitrogens with zero attached hydrogens (tertiary/aromatic N) is 1. The zero-order chi connectivity index (χ0) is 23.4. The van der Waals surface area contributed by atoms with Crippen LogP contribution in [0.4, 0.5) is 0 Å². The summed E-state index contributed by atoms with van der Waals surface area (Å²) < 4.78 is 26.1. The van der Waals surface area contributed by atoms with Crippen LogP contribution in [0.15, 0.2) is 60.7 Å². The summed E-state index contributed by atoms with van der Waals surface area (Å²) in [4.78, 5) is 1.85. The average Bonchev–Trinajstić information content (AvgIpc) is 3.33. The van der Waals surface area contributed by atoms with Gasteiger partial charge in [0.2, 0.25) is 0 Å². The second-order valence-corrected chi connectivity index (χ2v) is 12.3. The third-order valence-electron chi connectivity index (χ3n) is 5.05. The van der Waals surface area contributed by atoms with Crippen LogP contribution in [0.1, 0.15) is 11.1 Å². The molecule has 33 heavy (non-hydrogen) atoms. The Balaban J connectivity index is 1.72. The van der Waals surface area contributed by atoms with Crippen LogP contribution in [-0.2, 0) is 9.05 Å². The van der Waals surface area contributed by atoms with Crippen LogP contribution < -0.4 is 9.05 Å². The molecule has 2 heterocycles. The Morgan fingerprint density at radius 2 is 1.00 bits per heavy atom. The summed E-state index contributed by atoms with van der Waals surface area (Å²) in [5.41, 5.74) is 1.60. The van der Waals surface area contributed by atoms with Crippen molar-refractivity contribution in [2.24, 2.45) is 0 Å². The summed E-state index contributed by atoms with van der Waals surface area (Å²) in [6.45, 7) is 0. The van der Waals surface area contributed by atoms with Crippen LogP contribution in [0.5, 0.6) is 11.5 Å². The molecule has 0 saturated heterocycles. The monoisotopic (exact) mass is 543 g/mol. The van der Waals surface area contributed by atoms with E-state index in [1.807, 2.05) is 79.7 Å². The van der Waals surface area contributed by atoms with Crippen molar-refractivity contribution >= 4 is 65.4 Å². The fourth-order valence-electron chi connectivity index (χ4n) is 3.78. The SMILES string of the molecule is CN(C)CP12(OC(c3ccccc3)=C(c3ccccc3)O1)Oc1c(Cl)c(Cl)c(Cl)c(Cl)c1O2. The van der Waals surface area contributed by atoms with E-state index in [2.05, 4.69) is 0 Å². The number of fused-ring (bicyclic) bond motifs is 1. The van der Waals surface area contributed by atoms with Crippen molar-refractivity contribution in [2.45, 2.75) is 0 Å². The molecule has 10 heteroatoms. The first-order valence-electron chi connectivity index (χ1n) is 9.90. The van der Waals surface area contributed by atoms with Crippen molar-refractivity contribution in [3.63, 3.8) is 0 Å². The molecule has 2 aliphatic heterocycles. The Morgan fingerprint density at radius 3 is 1.36 bits per heavy atom. The van der Waals surface area contributed by atoms with Crippen molar-refractivity contribution < 1.29 is 18.1 Å². The molecule has 0 aliphatic carbocycles. The van der Waals surface area contributed by atoms with Crippen molar-refractivity contribution in [1.82, 2.24) is 4.90 Å². The minimum absolute atomic E-state index is 0.0628. The second-order valence-electron chi connectivity index (χ2n) is 7.85. The predicted molar refractivity (Wildman–Crippen MR) is 135 cm³/mol. The van der Waals surface area contributed by atoms with Gasteiger partial charge in [-0.2, -0.15) is 0 Å². The summed E-state index contributed by atoms with van der Waals surface area (Å²) in [7, 11) is -0.716. The molecule has 3 aromatic rings. The van der Waals surface area contributed by atoms with Gasteiger partial charge in [-0.1, -0.05) is 0 Å². The van der Waals surface area contributed by atoms with Crippen LogP contribution in [0.25, 0.3) is 11.5 Å². The van der Waals surface area contributed by atoms with Gasteiger partial charge in [0.15, 0.2) is 0 Å². The Labute approximate surface area is 211 Å². The number of hydrogen-bond acceptors (Lipinski definition) is 5. The fourth-order valence-corrected chi connectivity index (χ4v) is 8.30. The van der Waals surface area contributed by atoms with Crippen molar-refractivity contribution in [1.29, 1.82) is 0 Å². The van der Waals surface area contributed by atoms with Crippen molar-refractivity contribution in [2.75, 3.05) is 20.4 Å². The van der Waals surface area contributed by atoms with E-state index in [1.165, 1.54) is 0 Å². The molecule has 0 saturated carbocycles. The first-order valence-corrected chi connectivity index (χ1v) is 13.5. The van der Waals surface area contributed by atoms with E-state index in [-0.39, 0.29) is 37.9 Å². The van der Waals surface area contributed by atoms with Gasteiger partial charge in [-0.15, -0.1) is 0 Å². The number of benzene rings is 3. The molecule has 172 valence electrons. The standard InChI is InChI=1S/C23H18Cl4NO4P/c1-28(2)13-33(31-22-18(26)16(24)17(25)19(27)23(22)32-33)29-20(14-9-5-3-6-10-14)21(30-33)15-11-7-4-8-12-15/h3-12H,13H2,1-2H3. The Morgan fingerprint density at radius 1 is 0.606 bits per heavy atom. The van der Waals surface area contributed by atoms with Crippen molar-refractivity contribution in [3.05, 3.63) is 91.9 Å². The van der Waals surface area contributed by atoms with E-state index in [9.17, 15) is 0 Å². The molecule has 0 amide bonds. The maximum atomic E-state index is 6.63. The van der Waals surface area contributed by atoms with E-state index < -0.39 is 7.51 Å². The van der Waals surface area contributed by atoms with E-state index in [0.29, 0.717) is 11.5 Å². The van der Waals surface area contributed by atoms with Crippen LogP contribution in [0, 0.1) is 0 Å². The van der Waals surface area contributed by atoms with E-state index >= 15 is 0 Å². The van der Waals surface area contributed by atoms with Gasteiger partial charge in [0.1, 0.15) is 0 Å². The molecule has 0 unspecified atom stereocenters. The number of hydrogen-bond donors (Lipinski definition) is 0. The average molecular weight is 545 g/mol. The van der Waals surface area contributed by atoms with Crippen LogP contribution in [0.2, 0.25) is 20.1 Å². The Bertz CT molecular complexity index is 1190. The molecule has 3 aromatic carbocycles. The van der Waals surface area contributed by atoms with Gasteiger partial charge in [0.05, 0.1) is 0 Å². The fraction of sp³-hybridized carbons (Fsp3) is 0.130. The molecular formula is C23H18Cl4NO4P. The summed E-state index contributed by atoms with van der Waals surface area (Å²) in [6.07, 6.45) is 0.148. The molecule has 0 bridgehead atoms. The molecule has 1 spiro atoms. The first-order chi connectivity index (χ1) is 15.7. The van der Waals surface area contributed by atoms with Gasteiger partial charge >= 0.3 is 212 Å². The summed E-state index contributed by atoms with van der Waals surface area (Å²) in [6, 6.07) is 19.2. The van der Waals surface area contributed by atoms with Crippen LogP contribution in [0.3, 0.4) is 0 Å². The Kier molecular flexibility index (Phi) is 5.64. The van der Waals surface area contributed by atoms with Gasteiger partial charge in [-0.05, 0) is 0 Å². The minimum atomic E-state index is -4.43. The molecule has 5 nitrogen and oxygen atoms in total. The van der Waals surface area contributed by atoms with Gasteiger partial charge in [-0.25, -0.2) is 0 Å². The summed E-state index contributed by atoms with van der Waals surface area (Å²) in [5.74, 6) is 1.24. The molecule has 0 fully saturated rings. The van der Waals surface area contributed by atoms with E-state index in [4.69, 9.17) is 64.5 Å². The van der Waals surface area contributed by atoms with Crippen LogP contribution >= 0.6 is 53.9 Å². The quantitative estimate of drug-likeness (QED) is 0.187. The summed E-state index contributed by atoms with van der Waals surface area (Å²) >= 11 is 25.6. The molecular weight excluding hydrogens is 527 g/mol. The van der Waals surface area contributed by atoms with Crippen LogP contribution in [-0.4, -0.2) is 25.3 Å². The number of halogens is 4. The molecule has 0 atom stereocenters. The topological polar surface area (TPSA) is 40.2 Å². The molecule has 0 N–H and O–H groups in total. The third kappa shape index (κ3) is 3.72. The zero-order valence-electron chi connectivity index (χ0n) is 17.5. The maximum absolute atomic E-state index is 6.63. The van der Waals surface area contributed by atoms with Gasteiger partial charge in [-0.3, -0.25) is 0 Å². The Hall–Kier alpha value is -1.85. The van der Waals surface area contributed by atoms with Gasteiger partial charge in [0, 0.05) is 0 Å². The first kappa shape index (κ1) is 22.9. The molecule has 5 rings (SSSR count). The molecule has 2 aliphatic rings. The number of rotatable bonds is 4. The zero-order valence-corrected chi connectivity index (χ0v) is 21.4. The summed E-state index contributed by atoms with van der Waals surface area (Å²) in [5, 5.41) is 0.270. The molecule has 0 radical (unpaired) electrons. The van der Waals surface area contributed by atoms with E-state index in [0.717, 1.165) is 11.1 Å². The van der Waals surface area contributed by atoms with Gasteiger partial charge < -0.3 is 0 Å². The van der Waals surface area contributed by atoms with Gasteiger partial charge in [0.25, 0.3) is 0 Å². The second kappa shape index (κ2) is 8.13. The van der Waals surface area contributed by atoms with Crippen molar-refractivity contribution in [3.8, 4) is 11.5 Å². The predicted octanol–water partition coefficient (Wildman–Crippen LogP) is 8.38. The normalized spacial score (nSPS) is 18.7. The van der Waals surface area contributed by atoms with E-state index in [1.54, 1.807) is 0 Å². The molecule has 0 aromatic heterocycles.